The summed E-state index contributed by atoms with van der Waals surface area (Å²) in [6.45, 7) is 14.0. The molecule has 0 fully saturated rings. The van der Waals surface area contributed by atoms with Crippen molar-refractivity contribution in [3.8, 4) is 17.1 Å². The van der Waals surface area contributed by atoms with Crippen LogP contribution in [0.25, 0.3) is 22.4 Å². The van der Waals surface area contributed by atoms with E-state index >= 15 is 0 Å². The fourth-order valence-corrected chi connectivity index (χ4v) is 4.94. The Morgan fingerprint density at radius 1 is 0.895 bits per heavy atom. The fraction of sp³-hybridized carbons (Fsp3) is 0.387. The van der Waals surface area contributed by atoms with Crippen LogP contribution in [0.3, 0.4) is 0 Å². The van der Waals surface area contributed by atoms with Crippen LogP contribution in [0.4, 0.5) is 13.2 Å². The zero-order valence-electron chi connectivity index (χ0n) is 22.9. The Bertz CT molecular complexity index is 1400. The van der Waals surface area contributed by atoms with Gasteiger partial charge in [0.05, 0.1) is 23.1 Å². The molecule has 0 aliphatic rings. The maximum atomic E-state index is 13.8. The Kier molecular flexibility index (Phi) is 8.16. The summed E-state index contributed by atoms with van der Waals surface area (Å²) in [5.41, 5.74) is 4.11. The molecular formula is C31H36F3N3O. The van der Waals surface area contributed by atoms with E-state index in [4.69, 9.17) is 9.72 Å². The normalized spacial score (nSPS) is 12.3. The first-order valence-corrected chi connectivity index (χ1v) is 13.1. The third-order valence-corrected chi connectivity index (χ3v) is 7.08. The average Bonchev–Trinajstić information content (AvgIpc) is 3.20. The summed E-state index contributed by atoms with van der Waals surface area (Å²) in [6, 6.07) is 18.2. The van der Waals surface area contributed by atoms with Crippen molar-refractivity contribution in [1.29, 1.82) is 0 Å². The molecule has 0 N–H and O–H groups in total. The molecule has 4 nitrogen and oxygen atoms in total. The minimum Gasteiger partial charge on any atom is -0.492 e. The topological polar surface area (TPSA) is 30.3 Å². The number of rotatable bonds is 9. The lowest BCUT2D eigenvalue weighted by molar-refractivity contribution is -0.138. The lowest BCUT2D eigenvalue weighted by Gasteiger charge is -2.30. The number of fused-ring (bicyclic) bond motifs is 1. The zero-order valence-corrected chi connectivity index (χ0v) is 22.9. The second kappa shape index (κ2) is 11.2. The van der Waals surface area contributed by atoms with Crippen LogP contribution in [-0.2, 0) is 12.7 Å². The molecule has 38 heavy (non-hydrogen) atoms. The number of benzene rings is 3. The van der Waals surface area contributed by atoms with Gasteiger partial charge in [-0.3, -0.25) is 4.90 Å². The van der Waals surface area contributed by atoms with Crippen molar-refractivity contribution in [1.82, 2.24) is 14.5 Å². The predicted octanol–water partition coefficient (Wildman–Crippen LogP) is 7.88. The van der Waals surface area contributed by atoms with Crippen LogP contribution >= 0.6 is 0 Å². The summed E-state index contributed by atoms with van der Waals surface area (Å²) in [6.07, 6.45) is -4.44. The van der Waals surface area contributed by atoms with Crippen LogP contribution < -0.4 is 4.74 Å². The Labute approximate surface area is 223 Å². The number of imidazole rings is 1. The van der Waals surface area contributed by atoms with Gasteiger partial charge in [0.1, 0.15) is 18.2 Å². The standard InChI is InChI=1S/C31H36F3N3O/c1-20(2)36(21(3)4)15-16-38-26-13-14-28-29(18-26)37(19-25-9-7-8-10-27(25)31(32,33)34)30(35-28)24-12-11-22(5)23(6)17-24/h7-14,17-18,20-21H,15-16,19H2,1-6H3. The molecule has 0 bridgehead atoms. The SMILES string of the molecule is Cc1ccc(-c2nc3ccc(OCCN(C(C)C)C(C)C)cc3n2Cc2ccccc2C(F)(F)F)cc1C. The Balaban J connectivity index is 1.76. The lowest BCUT2D eigenvalue weighted by atomic mass is 10.0. The van der Waals surface area contributed by atoms with Crippen molar-refractivity contribution in [3.05, 3.63) is 82.9 Å². The molecule has 202 valence electrons. The van der Waals surface area contributed by atoms with E-state index in [9.17, 15) is 13.2 Å². The monoisotopic (exact) mass is 523 g/mol. The third-order valence-electron chi connectivity index (χ3n) is 7.08. The molecule has 0 unspecified atom stereocenters. The highest BCUT2D eigenvalue weighted by molar-refractivity contribution is 5.82. The van der Waals surface area contributed by atoms with Gasteiger partial charge in [-0.25, -0.2) is 4.98 Å². The van der Waals surface area contributed by atoms with Crippen LogP contribution in [0.2, 0.25) is 0 Å². The molecule has 7 heteroatoms. The molecular weight excluding hydrogens is 487 g/mol. The molecule has 0 radical (unpaired) electrons. The number of halogens is 3. The summed E-state index contributed by atoms with van der Waals surface area (Å²) < 4.78 is 49.5. The van der Waals surface area contributed by atoms with Crippen molar-refractivity contribution in [3.63, 3.8) is 0 Å². The van der Waals surface area contributed by atoms with E-state index in [-0.39, 0.29) is 12.1 Å². The smallest absolute Gasteiger partial charge is 0.416 e. The van der Waals surface area contributed by atoms with Gasteiger partial charge in [0, 0.05) is 30.3 Å². The van der Waals surface area contributed by atoms with E-state index in [1.54, 1.807) is 6.07 Å². The molecule has 1 heterocycles. The summed E-state index contributed by atoms with van der Waals surface area (Å²) in [4.78, 5) is 7.21. The number of nitrogens with zero attached hydrogens (tertiary/aromatic N) is 3. The van der Waals surface area contributed by atoms with E-state index in [0.29, 0.717) is 35.8 Å². The van der Waals surface area contributed by atoms with Gasteiger partial charge >= 0.3 is 6.18 Å². The Morgan fingerprint density at radius 2 is 1.61 bits per heavy atom. The number of ether oxygens (including phenoxy) is 1. The van der Waals surface area contributed by atoms with Gasteiger partial charge in [-0.2, -0.15) is 13.2 Å². The lowest BCUT2D eigenvalue weighted by Crippen LogP contribution is -2.39. The van der Waals surface area contributed by atoms with Crippen molar-refractivity contribution < 1.29 is 17.9 Å². The maximum absolute atomic E-state index is 13.8. The minimum absolute atomic E-state index is 0.0341. The van der Waals surface area contributed by atoms with E-state index in [1.165, 1.54) is 12.1 Å². The molecule has 0 spiro atoms. The van der Waals surface area contributed by atoms with Gasteiger partial charge in [0.2, 0.25) is 0 Å². The average molecular weight is 524 g/mol. The number of aromatic nitrogens is 2. The molecule has 0 atom stereocenters. The van der Waals surface area contributed by atoms with Crippen molar-refractivity contribution in [2.75, 3.05) is 13.2 Å². The number of aryl methyl sites for hydroxylation is 2. The predicted molar refractivity (Wildman–Crippen MR) is 148 cm³/mol. The van der Waals surface area contributed by atoms with E-state index in [2.05, 4.69) is 32.6 Å². The number of alkyl halides is 3. The summed E-state index contributed by atoms with van der Waals surface area (Å²) in [5, 5.41) is 0. The highest BCUT2D eigenvalue weighted by Gasteiger charge is 2.33. The Morgan fingerprint density at radius 3 is 2.26 bits per heavy atom. The third kappa shape index (κ3) is 6.04. The number of hydrogen-bond donors (Lipinski definition) is 0. The van der Waals surface area contributed by atoms with Crippen LogP contribution in [0.1, 0.15) is 49.9 Å². The summed E-state index contributed by atoms with van der Waals surface area (Å²) >= 11 is 0. The Hall–Kier alpha value is -3.32. The first-order valence-electron chi connectivity index (χ1n) is 13.1. The van der Waals surface area contributed by atoms with Gasteiger partial charge in [0.15, 0.2) is 0 Å². The molecule has 0 saturated heterocycles. The van der Waals surface area contributed by atoms with E-state index in [0.717, 1.165) is 34.8 Å². The quantitative estimate of drug-likeness (QED) is 0.224. The van der Waals surface area contributed by atoms with Crippen LogP contribution in [0.15, 0.2) is 60.7 Å². The minimum atomic E-state index is -4.44. The first-order chi connectivity index (χ1) is 18.0. The van der Waals surface area contributed by atoms with Gasteiger partial charge in [-0.05, 0) is 82.5 Å². The molecule has 0 aliphatic carbocycles. The van der Waals surface area contributed by atoms with Crippen LogP contribution in [-0.4, -0.2) is 39.7 Å². The summed E-state index contributed by atoms with van der Waals surface area (Å²) in [7, 11) is 0. The van der Waals surface area contributed by atoms with Crippen LogP contribution in [0, 0.1) is 13.8 Å². The van der Waals surface area contributed by atoms with E-state index in [1.807, 2.05) is 54.8 Å². The van der Waals surface area contributed by atoms with Crippen LogP contribution in [0.5, 0.6) is 5.75 Å². The van der Waals surface area contributed by atoms with Gasteiger partial charge in [-0.15, -0.1) is 0 Å². The highest BCUT2D eigenvalue weighted by Crippen LogP contribution is 2.35. The first kappa shape index (κ1) is 27.7. The molecule has 0 aliphatic heterocycles. The van der Waals surface area contributed by atoms with Gasteiger partial charge in [-0.1, -0.05) is 30.3 Å². The largest absolute Gasteiger partial charge is 0.492 e. The van der Waals surface area contributed by atoms with Gasteiger partial charge < -0.3 is 9.30 Å². The number of hydrogen-bond acceptors (Lipinski definition) is 3. The van der Waals surface area contributed by atoms with Gasteiger partial charge in [0.25, 0.3) is 0 Å². The zero-order chi connectivity index (χ0) is 27.6. The second-order valence-corrected chi connectivity index (χ2v) is 10.4. The van der Waals surface area contributed by atoms with Crippen molar-refractivity contribution in [2.24, 2.45) is 0 Å². The van der Waals surface area contributed by atoms with Crippen molar-refractivity contribution >= 4 is 11.0 Å². The molecule has 4 rings (SSSR count). The maximum Gasteiger partial charge on any atom is 0.416 e. The molecule has 3 aromatic carbocycles. The summed E-state index contributed by atoms with van der Waals surface area (Å²) in [5.74, 6) is 1.30. The molecule has 0 saturated carbocycles. The second-order valence-electron chi connectivity index (χ2n) is 10.4. The molecule has 1 aromatic heterocycles. The fourth-order valence-electron chi connectivity index (χ4n) is 4.94. The molecule has 0 amide bonds. The highest BCUT2D eigenvalue weighted by atomic mass is 19.4. The molecule has 4 aromatic rings. The van der Waals surface area contributed by atoms with Crippen molar-refractivity contribution in [2.45, 2.75) is 66.3 Å². The van der Waals surface area contributed by atoms with E-state index < -0.39 is 11.7 Å².